The highest BCUT2D eigenvalue weighted by atomic mass is 32.1. The summed E-state index contributed by atoms with van der Waals surface area (Å²) in [6.45, 7) is 2.03. The summed E-state index contributed by atoms with van der Waals surface area (Å²) in [6.07, 6.45) is 8.20. The van der Waals surface area contributed by atoms with E-state index in [-0.39, 0.29) is 17.5 Å². The third-order valence-corrected chi connectivity index (χ3v) is 7.01. The van der Waals surface area contributed by atoms with E-state index in [9.17, 15) is 9.59 Å². The molecule has 1 amide bonds. The Bertz CT molecular complexity index is 1070. The zero-order valence-corrected chi connectivity index (χ0v) is 18.3. The lowest BCUT2D eigenvalue weighted by atomic mass is 10.1. The van der Waals surface area contributed by atoms with E-state index in [1.54, 1.807) is 11.3 Å². The van der Waals surface area contributed by atoms with E-state index < -0.39 is 0 Å². The molecule has 0 saturated carbocycles. The number of nitrogens with one attached hydrogen (secondary N) is 2. The van der Waals surface area contributed by atoms with Crippen LogP contribution in [0.3, 0.4) is 0 Å². The van der Waals surface area contributed by atoms with Gasteiger partial charge in [-0.05, 0) is 56.6 Å². The number of nitrogens with zero attached hydrogens (tertiary/aromatic N) is 1. The molecule has 1 aliphatic rings. The first-order valence-corrected chi connectivity index (χ1v) is 11.8. The van der Waals surface area contributed by atoms with Gasteiger partial charge in [-0.15, -0.1) is 11.3 Å². The third-order valence-electron chi connectivity index (χ3n) is 5.83. The summed E-state index contributed by atoms with van der Waals surface area (Å²) >= 11 is 1.66. The number of fused-ring (bicyclic) bond motifs is 3. The fourth-order valence-electron chi connectivity index (χ4n) is 4.18. The molecule has 0 radical (unpaired) electrons. The summed E-state index contributed by atoms with van der Waals surface area (Å²) in [5.41, 5.74) is 2.44. The zero-order chi connectivity index (χ0) is 20.9. The van der Waals surface area contributed by atoms with Crippen molar-refractivity contribution in [2.45, 2.75) is 70.8 Å². The molecule has 2 heterocycles. The molecule has 30 heavy (non-hydrogen) atoms. The SMILES string of the molecule is C[C@@H](CCc1ccccc1)NC(=O)CCc1nc2sc3c(c2c(=O)[nH]1)CCCCC3. The van der Waals surface area contributed by atoms with E-state index in [4.69, 9.17) is 0 Å². The van der Waals surface area contributed by atoms with Crippen molar-refractivity contribution < 1.29 is 4.79 Å². The summed E-state index contributed by atoms with van der Waals surface area (Å²) in [4.78, 5) is 34.8. The number of thiophene rings is 1. The van der Waals surface area contributed by atoms with Gasteiger partial charge in [-0.3, -0.25) is 9.59 Å². The molecular weight excluding hydrogens is 394 g/mol. The highest BCUT2D eigenvalue weighted by Gasteiger charge is 2.19. The number of hydrogen-bond acceptors (Lipinski definition) is 4. The van der Waals surface area contributed by atoms with Crippen molar-refractivity contribution in [3.05, 3.63) is 62.5 Å². The van der Waals surface area contributed by atoms with Crippen LogP contribution in [0, 0.1) is 0 Å². The molecule has 0 fully saturated rings. The molecule has 2 aromatic heterocycles. The summed E-state index contributed by atoms with van der Waals surface area (Å²) < 4.78 is 0. The van der Waals surface area contributed by atoms with Crippen LogP contribution >= 0.6 is 11.3 Å². The van der Waals surface area contributed by atoms with Gasteiger partial charge in [-0.1, -0.05) is 36.8 Å². The van der Waals surface area contributed by atoms with Gasteiger partial charge >= 0.3 is 0 Å². The Hall–Kier alpha value is -2.47. The van der Waals surface area contributed by atoms with Gasteiger partial charge in [-0.25, -0.2) is 4.98 Å². The van der Waals surface area contributed by atoms with E-state index >= 15 is 0 Å². The predicted molar refractivity (Wildman–Crippen MR) is 122 cm³/mol. The first-order chi connectivity index (χ1) is 14.6. The largest absolute Gasteiger partial charge is 0.354 e. The Labute approximate surface area is 180 Å². The molecule has 1 aromatic carbocycles. The summed E-state index contributed by atoms with van der Waals surface area (Å²) in [6, 6.07) is 10.4. The lowest BCUT2D eigenvalue weighted by Gasteiger charge is -2.13. The van der Waals surface area contributed by atoms with Gasteiger partial charge in [0.05, 0.1) is 5.39 Å². The Morgan fingerprint density at radius 3 is 2.80 bits per heavy atom. The van der Waals surface area contributed by atoms with Gasteiger partial charge in [0.2, 0.25) is 5.91 Å². The Morgan fingerprint density at radius 2 is 1.97 bits per heavy atom. The number of amides is 1. The van der Waals surface area contributed by atoms with Crippen molar-refractivity contribution in [3.63, 3.8) is 0 Å². The maximum atomic E-state index is 12.7. The minimum Gasteiger partial charge on any atom is -0.354 e. The molecule has 1 aliphatic carbocycles. The topological polar surface area (TPSA) is 74.8 Å². The molecule has 1 atom stereocenters. The van der Waals surface area contributed by atoms with E-state index in [1.165, 1.54) is 28.8 Å². The molecule has 0 spiro atoms. The van der Waals surface area contributed by atoms with E-state index in [1.807, 2.05) is 25.1 Å². The lowest BCUT2D eigenvalue weighted by molar-refractivity contribution is -0.121. The van der Waals surface area contributed by atoms with Crippen LogP contribution in [0.5, 0.6) is 0 Å². The molecule has 3 aromatic rings. The molecular formula is C24H29N3O2S. The van der Waals surface area contributed by atoms with Gasteiger partial charge in [0.1, 0.15) is 10.7 Å². The fraction of sp³-hybridized carbons (Fsp3) is 0.458. The van der Waals surface area contributed by atoms with Crippen molar-refractivity contribution in [3.8, 4) is 0 Å². The van der Waals surface area contributed by atoms with Crippen LogP contribution in [0.2, 0.25) is 0 Å². The van der Waals surface area contributed by atoms with Crippen LogP contribution in [0.15, 0.2) is 35.1 Å². The maximum absolute atomic E-state index is 12.7. The Balaban J connectivity index is 1.34. The normalized spacial score (nSPS) is 14.8. The summed E-state index contributed by atoms with van der Waals surface area (Å²) in [7, 11) is 0. The van der Waals surface area contributed by atoms with Crippen molar-refractivity contribution >= 4 is 27.5 Å². The second-order valence-corrected chi connectivity index (χ2v) is 9.33. The van der Waals surface area contributed by atoms with Crippen LogP contribution in [-0.4, -0.2) is 21.9 Å². The molecule has 158 valence electrons. The molecule has 4 rings (SSSR count). The molecule has 0 unspecified atom stereocenters. The van der Waals surface area contributed by atoms with Crippen LogP contribution in [0.4, 0.5) is 0 Å². The molecule has 5 nitrogen and oxygen atoms in total. The van der Waals surface area contributed by atoms with Crippen molar-refractivity contribution in [1.29, 1.82) is 0 Å². The first kappa shape index (κ1) is 20.8. The number of carbonyl (C=O) groups excluding carboxylic acids is 1. The maximum Gasteiger partial charge on any atom is 0.259 e. The summed E-state index contributed by atoms with van der Waals surface area (Å²) in [5, 5.41) is 3.84. The number of aromatic amines is 1. The highest BCUT2D eigenvalue weighted by molar-refractivity contribution is 7.18. The Kier molecular flexibility index (Phi) is 6.62. The number of H-pyrrole nitrogens is 1. The second-order valence-electron chi connectivity index (χ2n) is 8.25. The molecule has 0 bridgehead atoms. The van der Waals surface area contributed by atoms with Crippen molar-refractivity contribution in [2.24, 2.45) is 0 Å². The standard InChI is InChI=1S/C24H29N3O2S/c1-16(12-13-17-8-4-2-5-9-17)25-21(28)15-14-20-26-23(29)22-18-10-6-3-7-11-19(18)30-24(22)27-20/h2,4-5,8-9,16H,3,6-7,10-15H2,1H3,(H,25,28)(H,26,27,29)/t16-/m0/s1. The summed E-state index contributed by atoms with van der Waals surface area (Å²) in [5.74, 6) is 0.608. The molecule has 2 N–H and O–H groups in total. The minimum atomic E-state index is -0.0500. The van der Waals surface area contributed by atoms with Crippen molar-refractivity contribution in [1.82, 2.24) is 15.3 Å². The van der Waals surface area contributed by atoms with Crippen LogP contribution in [0.25, 0.3) is 10.2 Å². The fourth-order valence-corrected chi connectivity index (χ4v) is 5.46. The number of benzene rings is 1. The van der Waals surface area contributed by atoms with Gasteiger partial charge in [0.15, 0.2) is 0 Å². The average Bonchev–Trinajstić information content (AvgIpc) is 2.93. The number of aromatic nitrogens is 2. The molecule has 0 aliphatic heterocycles. The van der Waals surface area contributed by atoms with Gasteiger partial charge in [0.25, 0.3) is 5.56 Å². The van der Waals surface area contributed by atoms with E-state index in [0.717, 1.165) is 42.3 Å². The third kappa shape index (κ3) is 4.98. The van der Waals surface area contributed by atoms with E-state index in [0.29, 0.717) is 18.7 Å². The quantitative estimate of drug-likeness (QED) is 0.556. The van der Waals surface area contributed by atoms with Crippen LogP contribution in [-0.2, 0) is 30.5 Å². The highest BCUT2D eigenvalue weighted by Crippen LogP contribution is 2.32. The van der Waals surface area contributed by atoms with Gasteiger partial charge < -0.3 is 10.3 Å². The Morgan fingerprint density at radius 1 is 1.17 bits per heavy atom. The molecule has 6 heteroatoms. The average molecular weight is 424 g/mol. The number of hydrogen-bond donors (Lipinski definition) is 2. The van der Waals surface area contributed by atoms with Gasteiger partial charge in [-0.2, -0.15) is 0 Å². The zero-order valence-electron chi connectivity index (χ0n) is 17.5. The van der Waals surface area contributed by atoms with E-state index in [2.05, 4.69) is 27.4 Å². The minimum absolute atomic E-state index is 0.000249. The smallest absolute Gasteiger partial charge is 0.259 e. The number of aryl methyl sites for hydroxylation is 4. The van der Waals surface area contributed by atoms with Crippen LogP contribution < -0.4 is 10.9 Å². The second kappa shape index (κ2) is 9.56. The first-order valence-electron chi connectivity index (χ1n) is 11.0. The van der Waals surface area contributed by atoms with Crippen molar-refractivity contribution in [2.75, 3.05) is 0 Å². The monoisotopic (exact) mass is 423 g/mol. The lowest BCUT2D eigenvalue weighted by Crippen LogP contribution is -2.33. The number of rotatable bonds is 7. The number of carbonyl (C=O) groups is 1. The molecule has 0 saturated heterocycles. The predicted octanol–water partition coefficient (Wildman–Crippen LogP) is 4.32. The van der Waals surface area contributed by atoms with Gasteiger partial charge in [0, 0.05) is 23.8 Å². The van der Waals surface area contributed by atoms with Crippen LogP contribution in [0.1, 0.15) is 60.9 Å².